The Balaban J connectivity index is 2.06. The lowest BCUT2D eigenvalue weighted by atomic mass is 10.2. The van der Waals surface area contributed by atoms with Gasteiger partial charge in [0.25, 0.3) is 0 Å². The van der Waals surface area contributed by atoms with Crippen molar-refractivity contribution in [1.82, 2.24) is 0 Å². The van der Waals surface area contributed by atoms with Crippen LogP contribution < -0.4 is 5.73 Å². The average molecular weight is 445 g/mol. The van der Waals surface area contributed by atoms with E-state index < -0.39 is 5.97 Å². The molecule has 0 spiro atoms. The summed E-state index contributed by atoms with van der Waals surface area (Å²) in [5.41, 5.74) is 6.86. The summed E-state index contributed by atoms with van der Waals surface area (Å²) in [5.74, 6) is -0.391. The molecule has 0 aliphatic carbocycles. The lowest BCUT2D eigenvalue weighted by molar-refractivity contribution is 0.0516. The van der Waals surface area contributed by atoms with Crippen LogP contribution in [-0.2, 0) is 4.84 Å². The smallest absolute Gasteiger partial charge is 0.365 e. The molecule has 0 aliphatic rings. The van der Waals surface area contributed by atoms with E-state index in [0.717, 1.165) is 8.04 Å². The fourth-order valence-electron chi connectivity index (χ4n) is 1.40. The quantitative estimate of drug-likeness (QED) is 0.259. The van der Waals surface area contributed by atoms with Crippen molar-refractivity contribution in [2.75, 3.05) is 0 Å². The van der Waals surface area contributed by atoms with Crippen molar-refractivity contribution in [2.45, 2.75) is 0 Å². The lowest BCUT2D eigenvalue weighted by Crippen LogP contribution is -2.15. The molecule has 0 fully saturated rings. The molecule has 0 aromatic heterocycles. The number of hydrogen-bond donors (Lipinski definition) is 1. The molecule has 2 N–H and O–H groups in total. The predicted molar refractivity (Wildman–Crippen MR) is 89.4 cm³/mol. The first-order chi connectivity index (χ1) is 9.56. The maximum Gasteiger partial charge on any atom is 0.365 e. The van der Waals surface area contributed by atoms with E-state index in [4.69, 9.17) is 10.6 Å². The van der Waals surface area contributed by atoms with Gasteiger partial charge in [0.05, 0.1) is 5.56 Å². The minimum atomic E-state index is -0.540. The minimum absolute atomic E-state index is 0.149. The Kier molecular flexibility index (Phi) is 5.13. The first kappa shape index (κ1) is 15.0. The third-order valence-electron chi connectivity index (χ3n) is 2.45. The van der Waals surface area contributed by atoms with Crippen LogP contribution in [0.25, 0.3) is 0 Å². The fourth-order valence-corrected chi connectivity index (χ4v) is 2.03. The Morgan fingerprint density at radius 3 is 2.20 bits per heavy atom. The molecule has 0 unspecified atom stereocenters. The molecule has 0 radical (unpaired) electrons. The summed E-state index contributed by atoms with van der Waals surface area (Å²) in [5, 5.41) is 3.65. The number of halogens is 2. The molecule has 0 amide bonds. The van der Waals surface area contributed by atoms with Gasteiger partial charge in [-0.05, 0) is 59.0 Å². The standard InChI is InChI=1S/C14H10BrIN2O2/c15-11-5-1-9(2-6-11)13(17)18-20-14(19)10-3-7-12(16)8-4-10/h1-8H,(H2,17,18). The van der Waals surface area contributed by atoms with Crippen molar-refractivity contribution in [2.24, 2.45) is 10.9 Å². The van der Waals surface area contributed by atoms with Gasteiger partial charge in [-0.2, -0.15) is 0 Å². The highest BCUT2D eigenvalue weighted by Gasteiger charge is 2.07. The van der Waals surface area contributed by atoms with Crippen LogP contribution in [0.4, 0.5) is 0 Å². The highest BCUT2D eigenvalue weighted by atomic mass is 127. The van der Waals surface area contributed by atoms with Crippen LogP contribution in [0.15, 0.2) is 58.2 Å². The number of carbonyl (C=O) groups excluding carboxylic acids is 1. The molecule has 102 valence electrons. The Bertz CT molecular complexity index is 639. The Morgan fingerprint density at radius 1 is 1.05 bits per heavy atom. The molecule has 0 atom stereocenters. The third kappa shape index (κ3) is 4.04. The molecule has 0 aliphatic heterocycles. The first-order valence-electron chi connectivity index (χ1n) is 5.62. The maximum absolute atomic E-state index is 11.8. The molecule has 0 saturated carbocycles. The second-order valence-corrected chi connectivity index (χ2v) is 6.03. The predicted octanol–water partition coefficient (Wildman–Crippen LogP) is 3.53. The average Bonchev–Trinajstić information content (AvgIpc) is 2.46. The van der Waals surface area contributed by atoms with Crippen LogP contribution in [0, 0.1) is 3.57 Å². The minimum Gasteiger partial charge on any atom is -0.380 e. The van der Waals surface area contributed by atoms with Gasteiger partial charge in [-0.15, -0.1) is 0 Å². The molecule has 0 saturated heterocycles. The van der Waals surface area contributed by atoms with Crippen LogP contribution in [-0.4, -0.2) is 11.8 Å². The number of oxime groups is 1. The summed E-state index contributed by atoms with van der Waals surface area (Å²) in [7, 11) is 0. The zero-order valence-electron chi connectivity index (χ0n) is 10.2. The topological polar surface area (TPSA) is 64.7 Å². The number of nitrogens with two attached hydrogens (primary N) is 1. The molecule has 0 bridgehead atoms. The third-order valence-corrected chi connectivity index (χ3v) is 3.69. The summed E-state index contributed by atoms with van der Waals surface area (Å²) in [6.45, 7) is 0. The Hall–Kier alpha value is -1.41. The van der Waals surface area contributed by atoms with Gasteiger partial charge in [0.2, 0.25) is 0 Å². The number of carbonyl (C=O) groups is 1. The van der Waals surface area contributed by atoms with Gasteiger partial charge < -0.3 is 10.6 Å². The zero-order chi connectivity index (χ0) is 14.5. The maximum atomic E-state index is 11.8. The normalized spacial score (nSPS) is 11.2. The first-order valence-corrected chi connectivity index (χ1v) is 7.50. The summed E-state index contributed by atoms with van der Waals surface area (Å²) in [6.07, 6.45) is 0. The molecule has 4 nitrogen and oxygen atoms in total. The molecule has 0 heterocycles. The molecule has 6 heteroatoms. The van der Waals surface area contributed by atoms with E-state index in [9.17, 15) is 4.79 Å². The summed E-state index contributed by atoms with van der Waals surface area (Å²) in [6, 6.07) is 14.2. The van der Waals surface area contributed by atoms with E-state index in [2.05, 4.69) is 43.7 Å². The monoisotopic (exact) mass is 444 g/mol. The highest BCUT2D eigenvalue weighted by Crippen LogP contribution is 2.11. The van der Waals surface area contributed by atoms with Crippen LogP contribution in [0.5, 0.6) is 0 Å². The van der Waals surface area contributed by atoms with Crippen molar-refractivity contribution >= 4 is 50.3 Å². The van der Waals surface area contributed by atoms with Gasteiger partial charge in [0.15, 0.2) is 5.84 Å². The van der Waals surface area contributed by atoms with Crippen molar-refractivity contribution < 1.29 is 9.63 Å². The summed E-state index contributed by atoms with van der Waals surface area (Å²) in [4.78, 5) is 16.6. The zero-order valence-corrected chi connectivity index (χ0v) is 14.0. The number of rotatable bonds is 3. The van der Waals surface area contributed by atoms with E-state index in [0.29, 0.717) is 11.1 Å². The Labute approximate surface area is 138 Å². The molecular weight excluding hydrogens is 435 g/mol. The number of nitrogens with zero attached hydrogens (tertiary/aromatic N) is 1. The van der Waals surface area contributed by atoms with Gasteiger partial charge in [-0.3, -0.25) is 0 Å². The van der Waals surface area contributed by atoms with Crippen LogP contribution in [0.1, 0.15) is 15.9 Å². The number of amidine groups is 1. The Morgan fingerprint density at radius 2 is 1.60 bits per heavy atom. The van der Waals surface area contributed by atoms with E-state index in [1.165, 1.54) is 0 Å². The second-order valence-electron chi connectivity index (χ2n) is 3.87. The van der Waals surface area contributed by atoms with E-state index in [1.54, 1.807) is 24.3 Å². The molecule has 2 aromatic rings. The highest BCUT2D eigenvalue weighted by molar-refractivity contribution is 14.1. The van der Waals surface area contributed by atoms with Crippen molar-refractivity contribution in [3.8, 4) is 0 Å². The largest absolute Gasteiger partial charge is 0.380 e. The summed E-state index contributed by atoms with van der Waals surface area (Å²) < 4.78 is 1.97. The van der Waals surface area contributed by atoms with Crippen molar-refractivity contribution in [1.29, 1.82) is 0 Å². The second kappa shape index (κ2) is 6.85. The van der Waals surface area contributed by atoms with Gasteiger partial charge >= 0.3 is 5.97 Å². The number of hydrogen-bond acceptors (Lipinski definition) is 3. The number of benzene rings is 2. The van der Waals surface area contributed by atoms with Crippen molar-refractivity contribution in [3.63, 3.8) is 0 Å². The van der Waals surface area contributed by atoms with E-state index in [-0.39, 0.29) is 5.84 Å². The van der Waals surface area contributed by atoms with Gasteiger partial charge in [-0.25, -0.2) is 4.79 Å². The van der Waals surface area contributed by atoms with E-state index in [1.807, 2.05) is 24.3 Å². The summed E-state index contributed by atoms with van der Waals surface area (Å²) >= 11 is 5.49. The van der Waals surface area contributed by atoms with Gasteiger partial charge in [-0.1, -0.05) is 33.2 Å². The lowest BCUT2D eigenvalue weighted by Gasteiger charge is -2.01. The molecule has 2 aromatic carbocycles. The SMILES string of the molecule is N/C(=N/OC(=O)c1ccc(I)cc1)c1ccc(Br)cc1. The van der Waals surface area contributed by atoms with E-state index >= 15 is 0 Å². The molecule has 2 rings (SSSR count). The van der Waals surface area contributed by atoms with Gasteiger partial charge in [0, 0.05) is 13.6 Å². The van der Waals surface area contributed by atoms with Crippen LogP contribution in [0.2, 0.25) is 0 Å². The molecule has 20 heavy (non-hydrogen) atoms. The molecular formula is C14H10BrIN2O2. The van der Waals surface area contributed by atoms with Crippen LogP contribution in [0.3, 0.4) is 0 Å². The van der Waals surface area contributed by atoms with Crippen molar-refractivity contribution in [3.05, 3.63) is 67.7 Å². The fraction of sp³-hybridized carbons (Fsp3) is 0. The van der Waals surface area contributed by atoms with Crippen LogP contribution >= 0.6 is 38.5 Å². The van der Waals surface area contributed by atoms with Gasteiger partial charge in [0.1, 0.15) is 0 Å².